The molecule has 0 unspecified atom stereocenters. The number of hydrogen-bond donors (Lipinski definition) is 1. The van der Waals surface area contributed by atoms with Gasteiger partial charge in [0, 0.05) is 20.8 Å². The van der Waals surface area contributed by atoms with Crippen molar-refractivity contribution < 1.29 is 0 Å². The van der Waals surface area contributed by atoms with Crippen molar-refractivity contribution in [1.82, 2.24) is 9.55 Å². The van der Waals surface area contributed by atoms with Crippen LogP contribution < -0.4 is 0 Å². The van der Waals surface area contributed by atoms with Crippen molar-refractivity contribution in [1.29, 1.82) is 0 Å². The van der Waals surface area contributed by atoms with Crippen molar-refractivity contribution in [3.8, 4) is 5.69 Å². The van der Waals surface area contributed by atoms with Gasteiger partial charge in [-0.25, -0.2) is 0 Å². The largest absolute Gasteiger partial charge is 0.337 e. The predicted molar refractivity (Wildman–Crippen MR) is 75.8 cm³/mol. The number of aromatic amines is 1. The summed E-state index contributed by atoms with van der Waals surface area (Å²) in [7, 11) is 0. The van der Waals surface area contributed by atoms with Gasteiger partial charge in [-0.15, -0.1) is 0 Å². The monoisotopic (exact) mass is 360 g/mol. The van der Waals surface area contributed by atoms with E-state index in [-0.39, 0.29) is 0 Å². The van der Waals surface area contributed by atoms with Gasteiger partial charge >= 0.3 is 0 Å². The molecule has 1 aromatic carbocycles. The predicted octanol–water partition coefficient (Wildman–Crippen LogP) is 4.68. The average molecular weight is 362 g/mol. The molecular formula is C11H10Br2N2S. The fourth-order valence-corrected chi connectivity index (χ4v) is 3.70. The van der Waals surface area contributed by atoms with Crippen molar-refractivity contribution in [2.24, 2.45) is 0 Å². The number of nitrogens with one attached hydrogen (secondary N) is 1. The number of imidazole rings is 1. The molecule has 0 bridgehead atoms. The summed E-state index contributed by atoms with van der Waals surface area (Å²) in [5.74, 6) is 0. The van der Waals surface area contributed by atoms with Crippen molar-refractivity contribution in [3.63, 3.8) is 0 Å². The lowest BCUT2D eigenvalue weighted by Crippen LogP contribution is -1.99. The van der Waals surface area contributed by atoms with E-state index in [0.29, 0.717) is 4.77 Å². The Labute approximate surface area is 116 Å². The van der Waals surface area contributed by atoms with Gasteiger partial charge in [0.25, 0.3) is 0 Å². The standard InChI is InChI=1S/C11H10Br2N2S/c1-6-3-8(12)10(9(13)4-6)15-7(2)5-14-11(15)16/h3-5H,1-2H3,(H,14,16). The maximum absolute atomic E-state index is 5.27. The Kier molecular flexibility index (Phi) is 3.37. The van der Waals surface area contributed by atoms with Gasteiger partial charge in [0.15, 0.2) is 4.77 Å². The van der Waals surface area contributed by atoms with Crippen LogP contribution in [0.4, 0.5) is 0 Å². The summed E-state index contributed by atoms with van der Waals surface area (Å²) in [5, 5.41) is 0. The minimum atomic E-state index is 0.697. The summed E-state index contributed by atoms with van der Waals surface area (Å²) < 4.78 is 4.75. The van der Waals surface area contributed by atoms with E-state index in [0.717, 1.165) is 20.3 Å². The smallest absolute Gasteiger partial charge is 0.182 e. The summed E-state index contributed by atoms with van der Waals surface area (Å²) in [6.45, 7) is 4.08. The summed E-state index contributed by atoms with van der Waals surface area (Å²) in [5.41, 5.74) is 3.31. The highest BCUT2D eigenvalue weighted by molar-refractivity contribution is 9.11. The molecule has 0 amide bonds. The first kappa shape index (κ1) is 12.1. The Morgan fingerprint density at radius 2 is 1.75 bits per heavy atom. The number of aryl methyl sites for hydroxylation is 2. The third-order valence-corrected chi connectivity index (χ3v) is 3.85. The number of aromatic nitrogens is 2. The minimum Gasteiger partial charge on any atom is -0.337 e. The van der Waals surface area contributed by atoms with Crippen LogP contribution in [0.1, 0.15) is 11.3 Å². The van der Waals surface area contributed by atoms with Gasteiger partial charge in [-0.1, -0.05) is 0 Å². The van der Waals surface area contributed by atoms with Crippen molar-refractivity contribution >= 4 is 44.1 Å². The second-order valence-corrected chi connectivity index (χ2v) is 5.74. The van der Waals surface area contributed by atoms with Crippen LogP contribution in [0.5, 0.6) is 0 Å². The van der Waals surface area contributed by atoms with E-state index in [1.54, 1.807) is 0 Å². The summed E-state index contributed by atoms with van der Waals surface area (Å²) in [4.78, 5) is 3.04. The number of nitrogens with zero attached hydrogens (tertiary/aromatic N) is 1. The molecule has 5 heteroatoms. The molecule has 0 saturated carbocycles. The molecule has 2 aromatic rings. The molecule has 0 fully saturated rings. The van der Waals surface area contributed by atoms with Gasteiger partial charge in [-0.2, -0.15) is 0 Å². The molecule has 0 aliphatic rings. The fraction of sp³-hybridized carbons (Fsp3) is 0.182. The second kappa shape index (κ2) is 4.47. The van der Waals surface area contributed by atoms with Crippen molar-refractivity contribution in [2.45, 2.75) is 13.8 Å². The lowest BCUT2D eigenvalue weighted by molar-refractivity contribution is 0.971. The Hall–Kier alpha value is -0.390. The summed E-state index contributed by atoms with van der Waals surface area (Å²) in [6.07, 6.45) is 1.90. The molecule has 0 aliphatic heterocycles. The molecular weight excluding hydrogens is 352 g/mol. The minimum absolute atomic E-state index is 0.697. The number of halogens is 2. The van der Waals surface area contributed by atoms with Crippen LogP contribution in [0.15, 0.2) is 27.3 Å². The molecule has 2 nitrogen and oxygen atoms in total. The van der Waals surface area contributed by atoms with Crippen LogP contribution in [0.3, 0.4) is 0 Å². The Morgan fingerprint density at radius 3 is 2.19 bits per heavy atom. The van der Waals surface area contributed by atoms with E-state index in [2.05, 4.69) is 55.9 Å². The number of hydrogen-bond acceptors (Lipinski definition) is 1. The molecule has 0 spiro atoms. The highest BCUT2D eigenvalue weighted by atomic mass is 79.9. The maximum Gasteiger partial charge on any atom is 0.182 e. The van der Waals surface area contributed by atoms with Crippen molar-refractivity contribution in [2.75, 3.05) is 0 Å². The van der Waals surface area contributed by atoms with Crippen LogP contribution in [0.2, 0.25) is 0 Å². The van der Waals surface area contributed by atoms with E-state index in [4.69, 9.17) is 12.2 Å². The molecule has 1 N–H and O–H groups in total. The molecule has 0 atom stereocenters. The van der Waals surface area contributed by atoms with Gasteiger partial charge in [-0.3, -0.25) is 4.57 Å². The topological polar surface area (TPSA) is 20.7 Å². The third-order valence-electron chi connectivity index (χ3n) is 2.35. The Morgan fingerprint density at radius 1 is 1.19 bits per heavy atom. The van der Waals surface area contributed by atoms with Crippen LogP contribution in [0, 0.1) is 18.6 Å². The molecule has 0 aliphatic carbocycles. The summed E-state index contributed by atoms with van der Waals surface area (Å²) >= 11 is 12.4. The highest BCUT2D eigenvalue weighted by Crippen LogP contribution is 2.31. The first-order valence-corrected chi connectivity index (χ1v) is 6.73. The molecule has 2 rings (SSSR count). The Balaban J connectivity index is 2.79. The molecule has 1 heterocycles. The lowest BCUT2D eigenvalue weighted by Gasteiger charge is -2.11. The van der Waals surface area contributed by atoms with Gasteiger partial charge in [0.2, 0.25) is 0 Å². The Bertz CT molecular complexity index is 575. The number of benzene rings is 1. The van der Waals surface area contributed by atoms with E-state index < -0.39 is 0 Å². The third kappa shape index (κ3) is 2.04. The zero-order valence-electron chi connectivity index (χ0n) is 8.84. The zero-order chi connectivity index (χ0) is 11.9. The molecule has 0 radical (unpaired) electrons. The highest BCUT2D eigenvalue weighted by Gasteiger charge is 2.11. The van der Waals surface area contributed by atoms with Gasteiger partial charge in [0.05, 0.1) is 5.69 Å². The number of rotatable bonds is 1. The van der Waals surface area contributed by atoms with Crippen molar-refractivity contribution in [3.05, 3.63) is 43.3 Å². The quantitative estimate of drug-likeness (QED) is 0.731. The van der Waals surface area contributed by atoms with E-state index in [1.165, 1.54) is 5.56 Å². The zero-order valence-corrected chi connectivity index (χ0v) is 12.8. The first-order chi connectivity index (χ1) is 7.50. The lowest BCUT2D eigenvalue weighted by atomic mass is 10.2. The van der Waals surface area contributed by atoms with E-state index in [9.17, 15) is 0 Å². The normalized spacial score (nSPS) is 10.8. The average Bonchev–Trinajstić information content (AvgIpc) is 2.47. The SMILES string of the molecule is Cc1cc(Br)c(-n2c(C)c[nH]c2=S)c(Br)c1. The number of H-pyrrole nitrogens is 1. The van der Waals surface area contributed by atoms with Crippen LogP contribution >= 0.6 is 44.1 Å². The van der Waals surface area contributed by atoms with Crippen LogP contribution in [0.25, 0.3) is 5.69 Å². The molecule has 84 valence electrons. The summed E-state index contributed by atoms with van der Waals surface area (Å²) in [6, 6.07) is 4.16. The van der Waals surface area contributed by atoms with E-state index >= 15 is 0 Å². The molecule has 0 saturated heterocycles. The van der Waals surface area contributed by atoms with E-state index in [1.807, 2.05) is 17.7 Å². The second-order valence-electron chi connectivity index (χ2n) is 3.65. The first-order valence-electron chi connectivity index (χ1n) is 4.73. The molecule has 16 heavy (non-hydrogen) atoms. The van der Waals surface area contributed by atoms with Crippen LogP contribution in [-0.4, -0.2) is 9.55 Å². The maximum atomic E-state index is 5.27. The van der Waals surface area contributed by atoms with Gasteiger partial charge in [0.1, 0.15) is 0 Å². The fourth-order valence-electron chi connectivity index (χ4n) is 1.64. The van der Waals surface area contributed by atoms with Gasteiger partial charge < -0.3 is 4.98 Å². The van der Waals surface area contributed by atoms with Crippen LogP contribution in [-0.2, 0) is 0 Å². The molecule has 1 aromatic heterocycles. The van der Waals surface area contributed by atoms with Gasteiger partial charge in [-0.05, 0) is 75.6 Å².